The number of alkyl halides is 3. The number of amides is 1. The minimum atomic E-state index is -4.65. The Morgan fingerprint density at radius 1 is 1.06 bits per heavy atom. The summed E-state index contributed by atoms with van der Waals surface area (Å²) in [6, 6.07) is 7.99. The Morgan fingerprint density at radius 3 is 2.35 bits per heavy atom. The number of anilines is 2. The summed E-state index contributed by atoms with van der Waals surface area (Å²) >= 11 is 0. The second kappa shape index (κ2) is 9.91. The van der Waals surface area contributed by atoms with Gasteiger partial charge in [-0.05, 0) is 26.0 Å². The molecule has 1 aliphatic rings. The molecule has 1 fully saturated rings. The van der Waals surface area contributed by atoms with Crippen molar-refractivity contribution < 1.29 is 32.2 Å². The first-order valence-electron chi connectivity index (χ1n) is 10.1. The Hall–Kier alpha value is -2.94. The first-order chi connectivity index (χ1) is 14.8. The Kier molecular flexibility index (Phi) is 7.27. The van der Waals surface area contributed by atoms with E-state index in [0.717, 1.165) is 17.8 Å². The number of hydrogen-bond donors (Lipinski definition) is 1. The Balaban J connectivity index is 1.98. The number of carbonyl (C=O) groups is 1. The van der Waals surface area contributed by atoms with Crippen molar-refractivity contribution in [3.8, 4) is 11.5 Å². The van der Waals surface area contributed by atoms with Crippen LogP contribution in [0.2, 0.25) is 0 Å². The molecule has 0 atom stereocenters. The highest BCUT2D eigenvalue weighted by Crippen LogP contribution is 2.40. The SMILES string of the molecule is CCOc1cc(N2CCOCC2)c(OCC)cc1NC(=O)c1ccccc1C(F)(F)F. The third-order valence-electron chi connectivity index (χ3n) is 4.74. The van der Waals surface area contributed by atoms with Crippen molar-refractivity contribution in [3.63, 3.8) is 0 Å². The van der Waals surface area contributed by atoms with Crippen LogP contribution in [0.5, 0.6) is 11.5 Å². The molecule has 0 aliphatic carbocycles. The fraction of sp³-hybridized carbons (Fsp3) is 0.409. The number of morpholine rings is 1. The van der Waals surface area contributed by atoms with E-state index in [2.05, 4.69) is 10.2 Å². The zero-order valence-electron chi connectivity index (χ0n) is 17.4. The standard InChI is InChI=1S/C22H25F3N2O4/c1-3-30-19-14-18(27-9-11-29-12-10-27)20(31-4-2)13-17(19)26-21(28)15-7-5-6-8-16(15)22(23,24)25/h5-8,13-14H,3-4,9-12H2,1-2H3,(H,26,28). The molecule has 2 aromatic rings. The second-order valence-electron chi connectivity index (χ2n) is 6.78. The van der Waals surface area contributed by atoms with Gasteiger partial charge in [-0.2, -0.15) is 13.2 Å². The van der Waals surface area contributed by atoms with Crippen molar-refractivity contribution in [2.75, 3.05) is 49.7 Å². The number of benzene rings is 2. The van der Waals surface area contributed by atoms with Gasteiger partial charge >= 0.3 is 6.18 Å². The Labute approximate surface area is 178 Å². The fourth-order valence-corrected chi connectivity index (χ4v) is 3.36. The predicted molar refractivity (Wildman–Crippen MR) is 111 cm³/mol. The normalized spacial score (nSPS) is 14.3. The van der Waals surface area contributed by atoms with Crippen molar-refractivity contribution in [2.45, 2.75) is 20.0 Å². The molecule has 1 saturated heterocycles. The van der Waals surface area contributed by atoms with Crippen molar-refractivity contribution in [1.82, 2.24) is 0 Å². The van der Waals surface area contributed by atoms with Crippen molar-refractivity contribution in [1.29, 1.82) is 0 Å². The van der Waals surface area contributed by atoms with Crippen LogP contribution in [0.3, 0.4) is 0 Å². The molecule has 0 aromatic heterocycles. The summed E-state index contributed by atoms with van der Waals surface area (Å²) in [4.78, 5) is 14.8. The van der Waals surface area contributed by atoms with E-state index in [0.29, 0.717) is 51.0 Å². The van der Waals surface area contributed by atoms with E-state index in [-0.39, 0.29) is 5.69 Å². The molecule has 3 rings (SSSR count). The molecular weight excluding hydrogens is 413 g/mol. The van der Waals surface area contributed by atoms with Gasteiger partial charge in [-0.1, -0.05) is 12.1 Å². The molecule has 6 nitrogen and oxygen atoms in total. The summed E-state index contributed by atoms with van der Waals surface area (Å²) in [7, 11) is 0. The molecule has 0 saturated carbocycles. The number of hydrogen-bond acceptors (Lipinski definition) is 5. The quantitative estimate of drug-likeness (QED) is 0.685. The van der Waals surface area contributed by atoms with Gasteiger partial charge in [0.15, 0.2) is 0 Å². The fourth-order valence-electron chi connectivity index (χ4n) is 3.36. The highest BCUT2D eigenvalue weighted by atomic mass is 19.4. The zero-order chi connectivity index (χ0) is 22.4. The molecule has 31 heavy (non-hydrogen) atoms. The minimum Gasteiger partial charge on any atom is -0.492 e. The second-order valence-corrected chi connectivity index (χ2v) is 6.78. The lowest BCUT2D eigenvalue weighted by Gasteiger charge is -2.31. The molecular formula is C22H25F3N2O4. The van der Waals surface area contributed by atoms with E-state index in [4.69, 9.17) is 14.2 Å². The van der Waals surface area contributed by atoms with E-state index in [9.17, 15) is 18.0 Å². The molecule has 0 bridgehead atoms. The van der Waals surface area contributed by atoms with Crippen molar-refractivity contribution >= 4 is 17.3 Å². The number of carbonyl (C=O) groups excluding carboxylic acids is 1. The lowest BCUT2D eigenvalue weighted by Crippen LogP contribution is -2.36. The van der Waals surface area contributed by atoms with Gasteiger partial charge in [0.05, 0.1) is 48.9 Å². The van der Waals surface area contributed by atoms with Gasteiger partial charge in [0, 0.05) is 25.2 Å². The van der Waals surface area contributed by atoms with E-state index >= 15 is 0 Å². The third-order valence-corrected chi connectivity index (χ3v) is 4.74. The molecule has 1 amide bonds. The molecule has 1 aliphatic heterocycles. The van der Waals surface area contributed by atoms with Crippen LogP contribution >= 0.6 is 0 Å². The number of nitrogens with zero attached hydrogens (tertiary/aromatic N) is 1. The van der Waals surface area contributed by atoms with Gasteiger partial charge in [0.1, 0.15) is 11.5 Å². The van der Waals surface area contributed by atoms with Gasteiger partial charge < -0.3 is 24.4 Å². The van der Waals surface area contributed by atoms with E-state index in [1.165, 1.54) is 12.1 Å². The van der Waals surface area contributed by atoms with Crippen molar-refractivity contribution in [3.05, 3.63) is 47.5 Å². The third kappa shape index (κ3) is 5.41. The average molecular weight is 438 g/mol. The summed E-state index contributed by atoms with van der Waals surface area (Å²) in [5.41, 5.74) is -0.445. The van der Waals surface area contributed by atoms with Gasteiger partial charge in [0.25, 0.3) is 5.91 Å². The smallest absolute Gasteiger partial charge is 0.417 e. The van der Waals surface area contributed by atoms with Gasteiger partial charge in [-0.25, -0.2) is 0 Å². The largest absolute Gasteiger partial charge is 0.492 e. The van der Waals surface area contributed by atoms with E-state index in [1.54, 1.807) is 19.1 Å². The number of rotatable bonds is 7. The number of nitrogens with one attached hydrogen (secondary N) is 1. The molecule has 1 heterocycles. The highest BCUT2D eigenvalue weighted by Gasteiger charge is 2.35. The van der Waals surface area contributed by atoms with Crippen LogP contribution in [0.1, 0.15) is 29.8 Å². The van der Waals surface area contributed by atoms with Gasteiger partial charge in [-0.15, -0.1) is 0 Å². The monoisotopic (exact) mass is 438 g/mol. The van der Waals surface area contributed by atoms with E-state index < -0.39 is 23.2 Å². The Bertz CT molecular complexity index is 912. The molecule has 2 aromatic carbocycles. The minimum absolute atomic E-state index is 0.240. The lowest BCUT2D eigenvalue weighted by molar-refractivity contribution is -0.137. The molecule has 168 valence electrons. The van der Waals surface area contributed by atoms with E-state index in [1.807, 2.05) is 6.92 Å². The summed E-state index contributed by atoms with van der Waals surface area (Å²) in [6.45, 7) is 6.79. The van der Waals surface area contributed by atoms with Gasteiger partial charge in [0.2, 0.25) is 0 Å². The van der Waals surface area contributed by atoms with Crippen LogP contribution < -0.4 is 19.7 Å². The highest BCUT2D eigenvalue weighted by molar-refractivity contribution is 6.06. The van der Waals surface area contributed by atoms with Crippen LogP contribution in [0.4, 0.5) is 24.5 Å². The van der Waals surface area contributed by atoms with Crippen LogP contribution in [0, 0.1) is 0 Å². The summed E-state index contributed by atoms with van der Waals surface area (Å²) in [6.07, 6.45) is -4.65. The maximum Gasteiger partial charge on any atom is 0.417 e. The molecule has 0 unspecified atom stereocenters. The van der Waals surface area contributed by atoms with Crippen LogP contribution in [-0.4, -0.2) is 45.4 Å². The van der Waals surface area contributed by atoms with Crippen LogP contribution in [0.25, 0.3) is 0 Å². The molecule has 1 N–H and O–H groups in total. The Morgan fingerprint density at radius 2 is 1.71 bits per heavy atom. The summed E-state index contributed by atoms with van der Waals surface area (Å²) in [5.74, 6) is -0.0204. The van der Waals surface area contributed by atoms with Crippen LogP contribution in [0.15, 0.2) is 36.4 Å². The molecule has 0 spiro atoms. The maximum absolute atomic E-state index is 13.3. The first-order valence-corrected chi connectivity index (χ1v) is 10.1. The summed E-state index contributed by atoms with van der Waals surface area (Å²) in [5, 5.41) is 2.57. The number of ether oxygens (including phenoxy) is 3. The number of halogens is 3. The zero-order valence-corrected chi connectivity index (χ0v) is 17.4. The predicted octanol–water partition coefficient (Wildman–Crippen LogP) is 4.59. The molecule has 0 radical (unpaired) electrons. The summed E-state index contributed by atoms with van der Waals surface area (Å²) < 4.78 is 56.8. The molecule has 9 heteroatoms. The average Bonchev–Trinajstić information content (AvgIpc) is 2.75. The van der Waals surface area contributed by atoms with Gasteiger partial charge in [-0.3, -0.25) is 4.79 Å². The lowest BCUT2D eigenvalue weighted by atomic mass is 10.1. The van der Waals surface area contributed by atoms with Crippen molar-refractivity contribution in [2.24, 2.45) is 0 Å². The topological polar surface area (TPSA) is 60.0 Å². The first kappa shape index (κ1) is 22.7. The maximum atomic E-state index is 13.3. The van der Waals surface area contributed by atoms with Crippen LogP contribution in [-0.2, 0) is 10.9 Å².